The van der Waals surface area contributed by atoms with Gasteiger partial charge in [-0.2, -0.15) is 0 Å². The van der Waals surface area contributed by atoms with E-state index in [0.29, 0.717) is 24.9 Å². The van der Waals surface area contributed by atoms with Gasteiger partial charge in [-0.3, -0.25) is 4.79 Å². The molecule has 2 bridgehead atoms. The molecule has 3 unspecified atom stereocenters. The Morgan fingerprint density at radius 2 is 1.88 bits per heavy atom. The molecule has 3 atom stereocenters. The summed E-state index contributed by atoms with van der Waals surface area (Å²) in [5.74, 6) is 1.13. The van der Waals surface area contributed by atoms with E-state index < -0.39 is 0 Å². The highest BCUT2D eigenvalue weighted by molar-refractivity contribution is 5.80. The van der Waals surface area contributed by atoms with Crippen LogP contribution in [0.15, 0.2) is 12.2 Å². The van der Waals surface area contributed by atoms with Crippen molar-refractivity contribution in [3.05, 3.63) is 12.2 Å². The van der Waals surface area contributed by atoms with E-state index in [2.05, 4.69) is 12.2 Å². The lowest BCUT2D eigenvalue weighted by molar-refractivity contribution is -0.137. The molecule has 0 spiro atoms. The number of carbonyl (C=O) groups is 1. The topological polar surface area (TPSA) is 60.8 Å². The van der Waals surface area contributed by atoms with E-state index >= 15 is 0 Å². The number of allylic oxidation sites excluding steroid dienone is 2. The SMILES string of the molecule is O=C(C1CC2C=CC1C2)N(CCO)CCO. The average molecular weight is 225 g/mol. The molecule has 2 N–H and O–H groups in total. The molecular formula is C12H19NO3. The van der Waals surface area contributed by atoms with E-state index in [1.807, 2.05) is 0 Å². The molecule has 1 amide bonds. The van der Waals surface area contributed by atoms with Gasteiger partial charge < -0.3 is 15.1 Å². The number of fused-ring (bicyclic) bond motifs is 2. The molecule has 2 aliphatic carbocycles. The summed E-state index contributed by atoms with van der Waals surface area (Å²) in [5, 5.41) is 17.8. The van der Waals surface area contributed by atoms with Gasteiger partial charge in [0.05, 0.1) is 13.2 Å². The van der Waals surface area contributed by atoms with Crippen LogP contribution in [-0.2, 0) is 4.79 Å². The van der Waals surface area contributed by atoms with E-state index in [9.17, 15) is 4.79 Å². The van der Waals surface area contributed by atoms with Crippen molar-refractivity contribution in [1.82, 2.24) is 4.90 Å². The third-order valence-corrected chi connectivity index (χ3v) is 3.65. The van der Waals surface area contributed by atoms with Gasteiger partial charge in [0, 0.05) is 19.0 Å². The first-order chi connectivity index (χ1) is 7.76. The van der Waals surface area contributed by atoms with Crippen LogP contribution in [0, 0.1) is 17.8 Å². The Morgan fingerprint density at radius 1 is 1.19 bits per heavy atom. The Kier molecular flexibility index (Phi) is 3.61. The van der Waals surface area contributed by atoms with Crippen molar-refractivity contribution in [3.63, 3.8) is 0 Å². The fourth-order valence-electron chi connectivity index (χ4n) is 2.87. The molecule has 16 heavy (non-hydrogen) atoms. The van der Waals surface area contributed by atoms with Crippen LogP contribution < -0.4 is 0 Å². The van der Waals surface area contributed by atoms with Crippen LogP contribution in [0.5, 0.6) is 0 Å². The van der Waals surface area contributed by atoms with Gasteiger partial charge in [0.2, 0.25) is 5.91 Å². The number of amides is 1. The lowest BCUT2D eigenvalue weighted by atomic mass is 9.92. The Morgan fingerprint density at radius 3 is 2.31 bits per heavy atom. The van der Waals surface area contributed by atoms with E-state index in [0.717, 1.165) is 12.8 Å². The molecular weight excluding hydrogens is 206 g/mol. The molecule has 0 aromatic heterocycles. The summed E-state index contributed by atoms with van der Waals surface area (Å²) >= 11 is 0. The maximum Gasteiger partial charge on any atom is 0.226 e. The zero-order valence-corrected chi connectivity index (χ0v) is 9.38. The summed E-state index contributed by atoms with van der Waals surface area (Å²) in [6.45, 7) is 0.582. The van der Waals surface area contributed by atoms with Crippen molar-refractivity contribution in [2.45, 2.75) is 12.8 Å². The van der Waals surface area contributed by atoms with Gasteiger partial charge in [0.15, 0.2) is 0 Å². The number of hydrogen-bond donors (Lipinski definition) is 2. The molecule has 1 fully saturated rings. The maximum absolute atomic E-state index is 12.2. The summed E-state index contributed by atoms with van der Waals surface area (Å²) in [6, 6.07) is 0. The number of nitrogens with zero attached hydrogens (tertiary/aromatic N) is 1. The molecule has 0 aromatic carbocycles. The average Bonchev–Trinajstić information content (AvgIpc) is 2.89. The molecule has 0 aliphatic heterocycles. The number of hydrogen-bond acceptors (Lipinski definition) is 3. The van der Waals surface area contributed by atoms with Crippen LogP contribution in [0.4, 0.5) is 0 Å². The first-order valence-corrected chi connectivity index (χ1v) is 5.95. The second kappa shape index (κ2) is 4.97. The first kappa shape index (κ1) is 11.6. The molecule has 0 radical (unpaired) electrons. The Labute approximate surface area is 95.6 Å². The molecule has 1 saturated carbocycles. The second-order valence-corrected chi connectivity index (χ2v) is 4.66. The molecule has 0 saturated heterocycles. The van der Waals surface area contributed by atoms with Gasteiger partial charge in [-0.1, -0.05) is 12.2 Å². The lowest BCUT2D eigenvalue weighted by Crippen LogP contribution is -2.41. The highest BCUT2D eigenvalue weighted by Gasteiger charge is 2.41. The maximum atomic E-state index is 12.2. The Balaban J connectivity index is 1.97. The summed E-state index contributed by atoms with van der Waals surface area (Å²) in [7, 11) is 0. The van der Waals surface area contributed by atoms with E-state index in [-0.39, 0.29) is 25.0 Å². The number of aliphatic hydroxyl groups is 2. The number of aliphatic hydroxyl groups excluding tert-OH is 2. The summed E-state index contributed by atoms with van der Waals surface area (Å²) in [5.41, 5.74) is 0. The monoisotopic (exact) mass is 225 g/mol. The lowest BCUT2D eigenvalue weighted by Gasteiger charge is -2.27. The normalized spacial score (nSPS) is 31.0. The third-order valence-electron chi connectivity index (χ3n) is 3.65. The van der Waals surface area contributed by atoms with Crippen LogP contribution in [0.2, 0.25) is 0 Å². The van der Waals surface area contributed by atoms with Crippen LogP contribution >= 0.6 is 0 Å². The van der Waals surface area contributed by atoms with Crippen molar-refractivity contribution < 1.29 is 15.0 Å². The van der Waals surface area contributed by atoms with Crippen molar-refractivity contribution in [3.8, 4) is 0 Å². The highest BCUT2D eigenvalue weighted by atomic mass is 16.3. The van der Waals surface area contributed by atoms with Crippen LogP contribution in [-0.4, -0.2) is 47.3 Å². The minimum Gasteiger partial charge on any atom is -0.395 e. The highest BCUT2D eigenvalue weighted by Crippen LogP contribution is 2.44. The fourth-order valence-corrected chi connectivity index (χ4v) is 2.87. The van der Waals surface area contributed by atoms with Gasteiger partial charge in [-0.05, 0) is 24.7 Å². The summed E-state index contributed by atoms with van der Waals surface area (Å²) in [6.07, 6.45) is 6.39. The minimum absolute atomic E-state index is 0.0393. The van der Waals surface area contributed by atoms with E-state index in [4.69, 9.17) is 10.2 Å². The van der Waals surface area contributed by atoms with Crippen molar-refractivity contribution >= 4 is 5.91 Å². The predicted octanol–water partition coefficient (Wildman–Crippen LogP) is 0.0118. The van der Waals surface area contributed by atoms with E-state index in [1.165, 1.54) is 0 Å². The second-order valence-electron chi connectivity index (χ2n) is 4.66. The molecule has 90 valence electrons. The molecule has 0 heterocycles. The summed E-state index contributed by atoms with van der Waals surface area (Å²) in [4.78, 5) is 13.8. The van der Waals surface area contributed by atoms with Gasteiger partial charge in [-0.25, -0.2) is 0 Å². The molecule has 0 aromatic rings. The van der Waals surface area contributed by atoms with Crippen LogP contribution in [0.25, 0.3) is 0 Å². The fraction of sp³-hybridized carbons (Fsp3) is 0.750. The number of carbonyl (C=O) groups excluding carboxylic acids is 1. The zero-order valence-electron chi connectivity index (χ0n) is 9.38. The largest absolute Gasteiger partial charge is 0.395 e. The first-order valence-electron chi connectivity index (χ1n) is 5.95. The van der Waals surface area contributed by atoms with Gasteiger partial charge in [-0.15, -0.1) is 0 Å². The van der Waals surface area contributed by atoms with E-state index in [1.54, 1.807) is 4.90 Å². The van der Waals surface area contributed by atoms with Crippen molar-refractivity contribution in [2.24, 2.45) is 17.8 Å². The molecule has 4 heteroatoms. The van der Waals surface area contributed by atoms with Gasteiger partial charge in [0.25, 0.3) is 0 Å². The summed E-state index contributed by atoms with van der Waals surface area (Å²) < 4.78 is 0. The predicted molar refractivity (Wildman–Crippen MR) is 59.6 cm³/mol. The number of rotatable bonds is 5. The molecule has 2 rings (SSSR count). The van der Waals surface area contributed by atoms with Crippen molar-refractivity contribution in [1.29, 1.82) is 0 Å². The van der Waals surface area contributed by atoms with Crippen molar-refractivity contribution in [2.75, 3.05) is 26.3 Å². The van der Waals surface area contributed by atoms with Gasteiger partial charge in [0.1, 0.15) is 0 Å². The quantitative estimate of drug-likeness (QED) is 0.648. The third kappa shape index (κ3) is 2.13. The van der Waals surface area contributed by atoms with Gasteiger partial charge >= 0.3 is 0 Å². The zero-order chi connectivity index (χ0) is 11.5. The minimum atomic E-state index is -0.0393. The Bertz CT molecular complexity index is 284. The Hall–Kier alpha value is -0.870. The van der Waals surface area contributed by atoms with Crippen LogP contribution in [0.3, 0.4) is 0 Å². The smallest absolute Gasteiger partial charge is 0.226 e. The molecule has 4 nitrogen and oxygen atoms in total. The van der Waals surface area contributed by atoms with Crippen LogP contribution in [0.1, 0.15) is 12.8 Å². The standard InChI is InChI=1S/C12H19NO3/c14-5-3-13(4-6-15)12(16)11-8-9-1-2-10(11)7-9/h1-2,9-11,14-15H,3-8H2. The molecule has 2 aliphatic rings.